The van der Waals surface area contributed by atoms with Gasteiger partial charge in [0.2, 0.25) is 0 Å². The zero-order valence-electron chi connectivity index (χ0n) is 15.5. The number of nitrogens with one attached hydrogen (secondary N) is 4. The summed E-state index contributed by atoms with van der Waals surface area (Å²) >= 11 is 0. The molecule has 3 heterocycles. The molecule has 3 aromatic heterocycles. The largest absolute Gasteiger partial charge is 0.416 e. The van der Waals surface area contributed by atoms with Gasteiger partial charge in [0.1, 0.15) is 11.6 Å². The van der Waals surface area contributed by atoms with Gasteiger partial charge in [-0.15, -0.1) is 0 Å². The molecule has 0 atom stereocenters. The van der Waals surface area contributed by atoms with E-state index in [4.69, 9.17) is 0 Å². The maximum Gasteiger partial charge on any atom is 0.416 e. The van der Waals surface area contributed by atoms with E-state index >= 15 is 0 Å². The van der Waals surface area contributed by atoms with Crippen molar-refractivity contribution < 1.29 is 13.2 Å². The van der Waals surface area contributed by atoms with E-state index in [1.807, 2.05) is 36.4 Å². The van der Waals surface area contributed by atoms with Crippen molar-refractivity contribution in [2.45, 2.75) is 6.18 Å². The van der Waals surface area contributed by atoms with Crippen LogP contribution in [0.2, 0.25) is 0 Å². The second kappa shape index (κ2) is 6.84. The number of hydrogen-bond acceptors (Lipinski definition) is 3. The Hall–Kier alpha value is -3.94. The van der Waals surface area contributed by atoms with Crippen LogP contribution in [0.15, 0.2) is 73.1 Å². The number of anilines is 4. The summed E-state index contributed by atoms with van der Waals surface area (Å²) in [5.74, 6) is 0.193. The zero-order chi connectivity index (χ0) is 20.7. The first-order valence-electron chi connectivity index (χ1n) is 9.22. The monoisotopic (exact) mass is 407 g/mol. The number of alkyl halides is 3. The first kappa shape index (κ1) is 18.1. The molecule has 150 valence electrons. The fourth-order valence-corrected chi connectivity index (χ4v) is 3.37. The SMILES string of the molecule is FC(F)(F)c1cc(Nc2ccc3cc[nH]c3c2)nc(Nc2ccc3cc[nH]c3c2)c1. The summed E-state index contributed by atoms with van der Waals surface area (Å²) in [6.45, 7) is 0. The fraction of sp³-hybridized carbons (Fsp3) is 0.0455. The third-order valence-corrected chi connectivity index (χ3v) is 4.81. The van der Waals surface area contributed by atoms with Gasteiger partial charge in [-0.05, 0) is 59.3 Å². The summed E-state index contributed by atoms with van der Waals surface area (Å²) in [5.41, 5.74) is 2.24. The summed E-state index contributed by atoms with van der Waals surface area (Å²) < 4.78 is 40.4. The number of aromatic amines is 2. The van der Waals surface area contributed by atoms with Gasteiger partial charge in [-0.2, -0.15) is 13.2 Å². The molecule has 0 saturated carbocycles. The Bertz CT molecular complexity index is 1260. The van der Waals surface area contributed by atoms with E-state index in [-0.39, 0.29) is 11.6 Å². The molecule has 0 aliphatic rings. The van der Waals surface area contributed by atoms with E-state index in [1.165, 1.54) is 0 Å². The van der Waals surface area contributed by atoms with Crippen LogP contribution in [0.1, 0.15) is 5.56 Å². The third-order valence-electron chi connectivity index (χ3n) is 4.81. The Morgan fingerprint density at radius 1 is 0.667 bits per heavy atom. The molecule has 2 aromatic carbocycles. The number of fused-ring (bicyclic) bond motifs is 2. The highest BCUT2D eigenvalue weighted by molar-refractivity contribution is 5.84. The molecule has 0 unspecified atom stereocenters. The highest BCUT2D eigenvalue weighted by atomic mass is 19.4. The van der Waals surface area contributed by atoms with E-state index in [0.29, 0.717) is 11.4 Å². The van der Waals surface area contributed by atoms with Crippen LogP contribution in [0.3, 0.4) is 0 Å². The maximum atomic E-state index is 13.5. The molecule has 0 bridgehead atoms. The van der Waals surface area contributed by atoms with Crippen molar-refractivity contribution in [1.82, 2.24) is 15.0 Å². The second-order valence-electron chi connectivity index (χ2n) is 6.93. The van der Waals surface area contributed by atoms with Crippen molar-refractivity contribution in [3.63, 3.8) is 0 Å². The molecular weight excluding hydrogens is 391 g/mol. The van der Waals surface area contributed by atoms with Gasteiger partial charge in [-0.3, -0.25) is 0 Å². The predicted octanol–water partition coefficient (Wildman–Crippen LogP) is 6.55. The van der Waals surface area contributed by atoms with Crippen molar-refractivity contribution in [2.75, 3.05) is 10.6 Å². The van der Waals surface area contributed by atoms with Crippen LogP contribution in [0.5, 0.6) is 0 Å². The molecular formula is C22H16F3N5. The summed E-state index contributed by atoms with van der Waals surface area (Å²) in [4.78, 5) is 10.5. The molecule has 30 heavy (non-hydrogen) atoms. The quantitative estimate of drug-likeness (QED) is 0.273. The van der Waals surface area contributed by atoms with Gasteiger partial charge in [-0.25, -0.2) is 4.98 Å². The van der Waals surface area contributed by atoms with Crippen molar-refractivity contribution in [1.29, 1.82) is 0 Å². The standard InChI is InChI=1S/C22H16F3N5/c23-22(24,25)15-9-20(28-16-3-1-13-5-7-26-18(13)11-16)30-21(10-15)29-17-4-2-14-6-8-27-19(14)12-17/h1-12,26-27H,(H2,28,29,30). The lowest BCUT2D eigenvalue weighted by atomic mass is 10.2. The summed E-state index contributed by atoms with van der Waals surface area (Å²) in [6.07, 6.45) is -0.886. The smallest absolute Gasteiger partial charge is 0.361 e. The fourth-order valence-electron chi connectivity index (χ4n) is 3.37. The molecule has 0 saturated heterocycles. The van der Waals surface area contributed by atoms with Crippen LogP contribution >= 0.6 is 0 Å². The highest BCUT2D eigenvalue weighted by Gasteiger charge is 2.31. The lowest BCUT2D eigenvalue weighted by molar-refractivity contribution is -0.137. The van der Waals surface area contributed by atoms with Gasteiger partial charge < -0.3 is 20.6 Å². The van der Waals surface area contributed by atoms with Gasteiger partial charge in [0.05, 0.1) is 5.56 Å². The van der Waals surface area contributed by atoms with Crippen molar-refractivity contribution in [2.24, 2.45) is 0 Å². The number of rotatable bonds is 4. The minimum Gasteiger partial charge on any atom is -0.361 e. The zero-order valence-corrected chi connectivity index (χ0v) is 15.5. The van der Waals surface area contributed by atoms with Gasteiger partial charge in [0, 0.05) is 34.8 Å². The molecule has 5 aromatic rings. The van der Waals surface area contributed by atoms with E-state index in [0.717, 1.165) is 33.9 Å². The van der Waals surface area contributed by atoms with Crippen LogP contribution < -0.4 is 10.6 Å². The molecule has 0 radical (unpaired) electrons. The topological polar surface area (TPSA) is 68.5 Å². The van der Waals surface area contributed by atoms with Crippen LogP contribution in [0.25, 0.3) is 21.8 Å². The number of hydrogen-bond donors (Lipinski definition) is 4. The Balaban J connectivity index is 1.50. The highest BCUT2D eigenvalue weighted by Crippen LogP contribution is 2.34. The Morgan fingerprint density at radius 3 is 1.63 bits per heavy atom. The van der Waals surface area contributed by atoms with Gasteiger partial charge in [-0.1, -0.05) is 12.1 Å². The first-order valence-corrected chi connectivity index (χ1v) is 9.22. The van der Waals surface area contributed by atoms with Crippen LogP contribution in [-0.4, -0.2) is 15.0 Å². The summed E-state index contributed by atoms with van der Waals surface area (Å²) in [5, 5.41) is 7.97. The number of halogens is 3. The average Bonchev–Trinajstić information content (AvgIpc) is 3.35. The molecule has 0 aliphatic heterocycles. The van der Waals surface area contributed by atoms with Gasteiger partial charge >= 0.3 is 6.18 Å². The Labute approximate surface area is 169 Å². The van der Waals surface area contributed by atoms with E-state index in [1.54, 1.807) is 24.5 Å². The van der Waals surface area contributed by atoms with Gasteiger partial charge in [0.15, 0.2) is 0 Å². The molecule has 0 fully saturated rings. The molecule has 0 spiro atoms. The molecule has 5 nitrogen and oxygen atoms in total. The minimum atomic E-state index is -4.50. The molecule has 0 aliphatic carbocycles. The van der Waals surface area contributed by atoms with E-state index in [2.05, 4.69) is 25.6 Å². The number of pyridine rings is 1. The van der Waals surface area contributed by atoms with Crippen molar-refractivity contribution in [3.8, 4) is 0 Å². The van der Waals surface area contributed by atoms with Crippen LogP contribution in [0, 0.1) is 0 Å². The van der Waals surface area contributed by atoms with Crippen molar-refractivity contribution >= 4 is 44.8 Å². The maximum absolute atomic E-state index is 13.5. The first-order chi connectivity index (χ1) is 14.4. The van der Waals surface area contributed by atoms with Crippen LogP contribution in [0.4, 0.5) is 36.2 Å². The summed E-state index contributed by atoms with van der Waals surface area (Å²) in [7, 11) is 0. The third kappa shape index (κ3) is 3.55. The molecule has 4 N–H and O–H groups in total. The predicted molar refractivity (Wildman–Crippen MR) is 112 cm³/mol. The summed E-state index contributed by atoms with van der Waals surface area (Å²) in [6, 6.07) is 16.8. The number of H-pyrrole nitrogens is 2. The minimum absolute atomic E-state index is 0.0965. The molecule has 0 amide bonds. The number of nitrogens with zero attached hydrogens (tertiary/aromatic N) is 1. The number of benzene rings is 2. The van der Waals surface area contributed by atoms with Crippen LogP contribution in [-0.2, 0) is 6.18 Å². The van der Waals surface area contributed by atoms with Gasteiger partial charge in [0.25, 0.3) is 0 Å². The average molecular weight is 407 g/mol. The Morgan fingerprint density at radius 2 is 1.17 bits per heavy atom. The lowest BCUT2D eigenvalue weighted by Gasteiger charge is -2.14. The van der Waals surface area contributed by atoms with Crippen molar-refractivity contribution in [3.05, 3.63) is 78.6 Å². The normalized spacial score (nSPS) is 11.8. The second-order valence-corrected chi connectivity index (χ2v) is 6.93. The van der Waals surface area contributed by atoms with E-state index < -0.39 is 11.7 Å². The Kier molecular flexibility index (Phi) is 4.13. The number of aromatic nitrogens is 3. The van der Waals surface area contributed by atoms with E-state index in [9.17, 15) is 13.2 Å². The molecule has 8 heteroatoms. The lowest BCUT2D eigenvalue weighted by Crippen LogP contribution is -2.08. The molecule has 5 rings (SSSR count).